The molecule has 5 heteroatoms. The van der Waals surface area contributed by atoms with Crippen LogP contribution in [0.25, 0.3) is 0 Å². The van der Waals surface area contributed by atoms with Crippen molar-refractivity contribution in [1.29, 1.82) is 0 Å². The van der Waals surface area contributed by atoms with Crippen LogP contribution in [0.2, 0.25) is 0 Å². The molecule has 0 aliphatic carbocycles. The van der Waals surface area contributed by atoms with Gasteiger partial charge in [0.1, 0.15) is 0 Å². The highest BCUT2D eigenvalue weighted by Crippen LogP contribution is 2.03. The molecule has 4 nitrogen and oxygen atoms in total. The summed E-state index contributed by atoms with van der Waals surface area (Å²) in [6, 6.07) is 10.6. The van der Waals surface area contributed by atoms with Crippen molar-refractivity contribution in [1.82, 2.24) is 15.5 Å². The van der Waals surface area contributed by atoms with Gasteiger partial charge in [0.25, 0.3) is 0 Å². The minimum Gasteiger partial charge on any atom is -0.357 e. The first-order chi connectivity index (χ1) is 11.8. The Morgan fingerprint density at radius 3 is 2.62 bits per heavy atom. The van der Waals surface area contributed by atoms with E-state index in [2.05, 4.69) is 71.1 Å². The van der Waals surface area contributed by atoms with Crippen molar-refractivity contribution in [3.05, 3.63) is 35.9 Å². The standard InChI is InChI=1S/C19H34N4S/c1-4-20-19(21-13-8-9-16-24-3)22-14-10-15-23(2)17-18-11-6-5-7-12-18/h5-7,11-12H,4,8-10,13-17H2,1-3H3,(H2,20,21,22). The molecule has 0 fully saturated rings. The first-order valence-electron chi connectivity index (χ1n) is 8.99. The highest BCUT2D eigenvalue weighted by Gasteiger charge is 2.00. The Morgan fingerprint density at radius 2 is 1.92 bits per heavy atom. The number of unbranched alkanes of at least 4 members (excludes halogenated alkanes) is 1. The predicted octanol–water partition coefficient (Wildman–Crippen LogP) is 3.21. The van der Waals surface area contributed by atoms with Crippen molar-refractivity contribution in [2.75, 3.05) is 45.2 Å². The van der Waals surface area contributed by atoms with Crippen molar-refractivity contribution >= 4 is 17.7 Å². The lowest BCUT2D eigenvalue weighted by Gasteiger charge is -2.16. The maximum Gasteiger partial charge on any atom is 0.191 e. The lowest BCUT2D eigenvalue weighted by molar-refractivity contribution is 0.324. The zero-order chi connectivity index (χ0) is 17.5. The third-order valence-corrected chi connectivity index (χ3v) is 4.37. The topological polar surface area (TPSA) is 39.7 Å². The number of hydrogen-bond acceptors (Lipinski definition) is 3. The van der Waals surface area contributed by atoms with E-state index in [9.17, 15) is 0 Å². The summed E-state index contributed by atoms with van der Waals surface area (Å²) in [6.07, 6.45) is 5.70. The normalized spacial score (nSPS) is 11.8. The summed E-state index contributed by atoms with van der Waals surface area (Å²) in [5.74, 6) is 2.19. The summed E-state index contributed by atoms with van der Waals surface area (Å²) in [5, 5.41) is 6.75. The van der Waals surface area contributed by atoms with Gasteiger partial charge in [0.15, 0.2) is 5.96 Å². The van der Waals surface area contributed by atoms with Crippen LogP contribution < -0.4 is 10.6 Å². The van der Waals surface area contributed by atoms with Crippen molar-refractivity contribution in [2.24, 2.45) is 4.99 Å². The number of nitrogens with one attached hydrogen (secondary N) is 2. The second-order valence-electron chi connectivity index (χ2n) is 5.96. The molecule has 136 valence electrons. The summed E-state index contributed by atoms with van der Waals surface area (Å²) >= 11 is 1.91. The zero-order valence-electron chi connectivity index (χ0n) is 15.6. The SMILES string of the molecule is CCNC(=NCCCN(C)Cc1ccccc1)NCCCCSC. The molecule has 0 amide bonds. The smallest absolute Gasteiger partial charge is 0.191 e. The van der Waals surface area contributed by atoms with Gasteiger partial charge in [0.05, 0.1) is 0 Å². The molecule has 0 spiro atoms. The minimum absolute atomic E-state index is 0.860. The van der Waals surface area contributed by atoms with Crippen LogP contribution in [-0.4, -0.2) is 56.1 Å². The molecule has 1 rings (SSSR count). The van der Waals surface area contributed by atoms with E-state index in [1.165, 1.54) is 24.2 Å². The molecule has 24 heavy (non-hydrogen) atoms. The molecule has 0 bridgehead atoms. The molecule has 0 atom stereocenters. The second kappa shape index (κ2) is 14.2. The molecule has 1 aromatic carbocycles. The van der Waals surface area contributed by atoms with E-state index in [4.69, 9.17) is 0 Å². The number of aliphatic imine (C=N–C) groups is 1. The fraction of sp³-hybridized carbons (Fsp3) is 0.632. The molecule has 0 radical (unpaired) electrons. The maximum atomic E-state index is 4.67. The average molecular weight is 351 g/mol. The zero-order valence-corrected chi connectivity index (χ0v) is 16.4. The van der Waals surface area contributed by atoms with E-state index in [1.807, 2.05) is 11.8 Å². The highest BCUT2D eigenvalue weighted by molar-refractivity contribution is 7.98. The Labute approximate surface area is 152 Å². The third-order valence-electron chi connectivity index (χ3n) is 3.68. The van der Waals surface area contributed by atoms with Crippen LogP contribution in [0.3, 0.4) is 0 Å². The van der Waals surface area contributed by atoms with Crippen LogP contribution in [-0.2, 0) is 6.54 Å². The maximum absolute atomic E-state index is 4.67. The summed E-state index contributed by atoms with van der Waals surface area (Å²) in [7, 11) is 2.17. The third kappa shape index (κ3) is 10.6. The van der Waals surface area contributed by atoms with Gasteiger partial charge in [0, 0.05) is 26.2 Å². The van der Waals surface area contributed by atoms with E-state index < -0.39 is 0 Å². The van der Waals surface area contributed by atoms with Gasteiger partial charge >= 0.3 is 0 Å². The van der Waals surface area contributed by atoms with Crippen LogP contribution in [0.5, 0.6) is 0 Å². The monoisotopic (exact) mass is 350 g/mol. The predicted molar refractivity (Wildman–Crippen MR) is 109 cm³/mol. The number of benzene rings is 1. The largest absolute Gasteiger partial charge is 0.357 e. The quantitative estimate of drug-likeness (QED) is 0.345. The Kier molecular flexibility index (Phi) is 12.3. The van der Waals surface area contributed by atoms with Crippen LogP contribution in [0.1, 0.15) is 31.7 Å². The average Bonchev–Trinajstić information content (AvgIpc) is 2.59. The Balaban J connectivity index is 2.20. The van der Waals surface area contributed by atoms with Gasteiger partial charge < -0.3 is 15.5 Å². The molecule has 0 aromatic heterocycles. The Hall–Kier alpha value is -1.20. The summed E-state index contributed by atoms with van der Waals surface area (Å²) < 4.78 is 0. The molecule has 1 aromatic rings. The van der Waals surface area contributed by atoms with Crippen LogP contribution in [0, 0.1) is 0 Å². The lowest BCUT2D eigenvalue weighted by atomic mass is 10.2. The van der Waals surface area contributed by atoms with Crippen molar-refractivity contribution in [2.45, 2.75) is 32.7 Å². The minimum atomic E-state index is 0.860. The van der Waals surface area contributed by atoms with Gasteiger partial charge in [-0.05, 0) is 57.4 Å². The Bertz CT molecular complexity index is 436. The van der Waals surface area contributed by atoms with Crippen LogP contribution in [0.15, 0.2) is 35.3 Å². The van der Waals surface area contributed by atoms with Gasteiger partial charge in [-0.2, -0.15) is 11.8 Å². The molecule has 0 saturated heterocycles. The molecule has 2 N–H and O–H groups in total. The van der Waals surface area contributed by atoms with Crippen LogP contribution >= 0.6 is 11.8 Å². The van der Waals surface area contributed by atoms with E-state index in [0.29, 0.717) is 0 Å². The van der Waals surface area contributed by atoms with Crippen molar-refractivity contribution in [3.8, 4) is 0 Å². The fourth-order valence-electron chi connectivity index (χ4n) is 2.43. The summed E-state index contributed by atoms with van der Waals surface area (Å²) in [4.78, 5) is 7.03. The number of hydrogen-bond donors (Lipinski definition) is 2. The number of nitrogens with zero attached hydrogens (tertiary/aromatic N) is 2. The Morgan fingerprint density at radius 1 is 1.12 bits per heavy atom. The van der Waals surface area contributed by atoms with Crippen LogP contribution in [0.4, 0.5) is 0 Å². The van der Waals surface area contributed by atoms with E-state index in [0.717, 1.165) is 45.1 Å². The van der Waals surface area contributed by atoms with Crippen molar-refractivity contribution in [3.63, 3.8) is 0 Å². The van der Waals surface area contributed by atoms with Gasteiger partial charge in [-0.1, -0.05) is 30.3 Å². The molecule has 0 aliphatic rings. The van der Waals surface area contributed by atoms with Crippen molar-refractivity contribution < 1.29 is 0 Å². The number of guanidine groups is 1. The molecule has 0 heterocycles. The first-order valence-corrected chi connectivity index (χ1v) is 10.4. The van der Waals surface area contributed by atoms with Gasteiger partial charge in [-0.15, -0.1) is 0 Å². The van der Waals surface area contributed by atoms with E-state index in [1.54, 1.807) is 0 Å². The van der Waals surface area contributed by atoms with Gasteiger partial charge in [-0.25, -0.2) is 0 Å². The molecule has 0 saturated carbocycles. The summed E-state index contributed by atoms with van der Waals surface area (Å²) in [5.41, 5.74) is 1.36. The molecule has 0 aliphatic heterocycles. The van der Waals surface area contributed by atoms with Gasteiger partial charge in [0.2, 0.25) is 0 Å². The molecule has 0 unspecified atom stereocenters. The lowest BCUT2D eigenvalue weighted by Crippen LogP contribution is -2.38. The van der Waals surface area contributed by atoms with E-state index in [-0.39, 0.29) is 0 Å². The molecular weight excluding hydrogens is 316 g/mol. The van der Waals surface area contributed by atoms with Gasteiger partial charge in [-0.3, -0.25) is 4.99 Å². The first kappa shape index (κ1) is 20.8. The molecular formula is C19H34N4S. The summed E-state index contributed by atoms with van der Waals surface area (Å²) in [6.45, 7) is 6.94. The highest BCUT2D eigenvalue weighted by atomic mass is 32.2. The number of rotatable bonds is 12. The number of thioether (sulfide) groups is 1. The fourth-order valence-corrected chi connectivity index (χ4v) is 2.92. The van der Waals surface area contributed by atoms with E-state index >= 15 is 0 Å². The second-order valence-corrected chi connectivity index (χ2v) is 6.95.